The second-order valence-corrected chi connectivity index (χ2v) is 5.95. The molecule has 4 nitrogen and oxygen atoms in total. The van der Waals surface area contributed by atoms with E-state index in [1.165, 1.54) is 0 Å². The van der Waals surface area contributed by atoms with Gasteiger partial charge in [-0.2, -0.15) is 0 Å². The zero-order chi connectivity index (χ0) is 11.8. The molecule has 5 heteroatoms. The number of rotatable bonds is 7. The summed E-state index contributed by atoms with van der Waals surface area (Å²) in [7, 11) is 0.873. The zero-order valence-electron chi connectivity index (χ0n) is 9.86. The van der Waals surface area contributed by atoms with E-state index >= 15 is 0 Å². The predicted octanol–water partition coefficient (Wildman–Crippen LogP) is 0.341. The maximum absolute atomic E-state index is 11.5. The predicted molar refractivity (Wildman–Crippen MR) is 64.1 cm³/mol. The lowest BCUT2D eigenvalue weighted by Gasteiger charge is -2.16. The Kier molecular flexibility index (Phi) is 7.60. The van der Waals surface area contributed by atoms with Crippen molar-refractivity contribution in [1.29, 1.82) is 0 Å². The standard InChI is InChI=1S/C10H22N2O2S/c1-9(2)15(14)8-5-10(13)12(3)7-4-6-11/h9H,4-8,11H2,1-3H3. The Morgan fingerprint density at radius 1 is 1.47 bits per heavy atom. The second kappa shape index (κ2) is 7.82. The van der Waals surface area contributed by atoms with Gasteiger partial charge in [-0.25, -0.2) is 0 Å². The van der Waals surface area contributed by atoms with Gasteiger partial charge in [0.05, 0.1) is 0 Å². The SMILES string of the molecule is CC(C)S(=O)CCC(=O)N(C)CCCN. The summed E-state index contributed by atoms with van der Waals surface area (Å²) in [6.07, 6.45) is 1.18. The molecule has 0 aliphatic rings. The molecule has 0 aromatic rings. The third-order valence-corrected chi connectivity index (χ3v) is 3.82. The molecule has 1 unspecified atom stereocenters. The number of hydrogen-bond acceptors (Lipinski definition) is 3. The summed E-state index contributed by atoms with van der Waals surface area (Å²) in [5.74, 6) is 0.515. The molecule has 90 valence electrons. The first kappa shape index (κ1) is 14.6. The van der Waals surface area contributed by atoms with Gasteiger partial charge in [-0.15, -0.1) is 0 Å². The van der Waals surface area contributed by atoms with Crippen molar-refractivity contribution in [3.05, 3.63) is 0 Å². The number of nitrogens with two attached hydrogens (primary N) is 1. The molecule has 0 aromatic heterocycles. The average molecular weight is 234 g/mol. The van der Waals surface area contributed by atoms with Crippen molar-refractivity contribution in [1.82, 2.24) is 4.90 Å². The topological polar surface area (TPSA) is 63.4 Å². The fourth-order valence-corrected chi connectivity index (χ4v) is 1.91. The molecule has 15 heavy (non-hydrogen) atoms. The third-order valence-electron chi connectivity index (χ3n) is 2.17. The Labute approximate surface area is 94.7 Å². The first-order valence-electron chi connectivity index (χ1n) is 5.30. The Bertz CT molecular complexity index is 219. The number of carbonyl (C=O) groups excluding carboxylic acids is 1. The molecule has 0 aromatic carbocycles. The first-order valence-corrected chi connectivity index (χ1v) is 6.68. The van der Waals surface area contributed by atoms with Crippen LogP contribution in [0.15, 0.2) is 0 Å². The van der Waals surface area contributed by atoms with E-state index in [4.69, 9.17) is 5.73 Å². The fourth-order valence-electron chi connectivity index (χ4n) is 1.07. The van der Waals surface area contributed by atoms with E-state index in [-0.39, 0.29) is 11.2 Å². The van der Waals surface area contributed by atoms with Gasteiger partial charge >= 0.3 is 0 Å². The molecule has 1 amide bonds. The van der Waals surface area contributed by atoms with Crippen LogP contribution in [-0.4, -0.2) is 46.2 Å². The Morgan fingerprint density at radius 3 is 2.53 bits per heavy atom. The van der Waals surface area contributed by atoms with Gasteiger partial charge in [0, 0.05) is 41.8 Å². The van der Waals surface area contributed by atoms with Gasteiger partial charge in [-0.3, -0.25) is 9.00 Å². The summed E-state index contributed by atoms with van der Waals surface area (Å²) >= 11 is 0. The van der Waals surface area contributed by atoms with Crippen molar-refractivity contribution >= 4 is 16.7 Å². The summed E-state index contributed by atoms with van der Waals surface area (Å²) in [6, 6.07) is 0. The third kappa shape index (κ3) is 6.62. The molecule has 0 aliphatic heterocycles. The van der Waals surface area contributed by atoms with Crippen molar-refractivity contribution in [2.24, 2.45) is 5.73 Å². The summed E-state index contributed by atoms with van der Waals surface area (Å²) in [5, 5.41) is 0.132. The molecule has 0 rings (SSSR count). The monoisotopic (exact) mass is 234 g/mol. The maximum atomic E-state index is 11.5. The molecule has 0 fully saturated rings. The van der Waals surface area contributed by atoms with Crippen LogP contribution in [0.3, 0.4) is 0 Å². The molecular formula is C10H22N2O2S. The van der Waals surface area contributed by atoms with Crippen molar-refractivity contribution in [3.8, 4) is 0 Å². The van der Waals surface area contributed by atoms with Crippen molar-refractivity contribution in [2.75, 3.05) is 25.9 Å². The van der Waals surface area contributed by atoms with E-state index < -0.39 is 10.8 Å². The van der Waals surface area contributed by atoms with Crippen LogP contribution in [0.5, 0.6) is 0 Å². The molecule has 2 N–H and O–H groups in total. The fraction of sp³-hybridized carbons (Fsp3) is 0.900. The van der Waals surface area contributed by atoms with Crippen molar-refractivity contribution < 1.29 is 9.00 Å². The van der Waals surface area contributed by atoms with E-state index in [1.54, 1.807) is 11.9 Å². The minimum atomic E-state index is -0.887. The average Bonchev–Trinajstić information content (AvgIpc) is 2.21. The van der Waals surface area contributed by atoms with Gasteiger partial charge in [0.25, 0.3) is 0 Å². The molecule has 1 atom stereocenters. The van der Waals surface area contributed by atoms with Gasteiger partial charge in [0.2, 0.25) is 5.91 Å². The van der Waals surface area contributed by atoms with Crippen LogP contribution in [0.2, 0.25) is 0 Å². The molecular weight excluding hydrogens is 212 g/mol. The summed E-state index contributed by atoms with van der Waals surface area (Å²) in [4.78, 5) is 13.2. The molecule has 0 radical (unpaired) electrons. The van der Waals surface area contributed by atoms with Crippen LogP contribution < -0.4 is 5.73 Å². The minimum absolute atomic E-state index is 0.0532. The van der Waals surface area contributed by atoms with E-state index in [1.807, 2.05) is 13.8 Å². The quantitative estimate of drug-likeness (QED) is 0.691. The summed E-state index contributed by atoms with van der Waals surface area (Å²) < 4.78 is 11.4. The number of hydrogen-bond donors (Lipinski definition) is 1. The maximum Gasteiger partial charge on any atom is 0.223 e. The highest BCUT2D eigenvalue weighted by Crippen LogP contribution is 1.99. The normalized spacial score (nSPS) is 12.9. The van der Waals surface area contributed by atoms with E-state index in [2.05, 4.69) is 0 Å². The molecule has 0 saturated heterocycles. The largest absolute Gasteiger partial charge is 0.346 e. The van der Waals surface area contributed by atoms with Crippen molar-refractivity contribution in [3.63, 3.8) is 0 Å². The lowest BCUT2D eigenvalue weighted by Crippen LogP contribution is -2.30. The smallest absolute Gasteiger partial charge is 0.223 e. The van der Waals surface area contributed by atoms with Crippen LogP contribution in [0.1, 0.15) is 26.7 Å². The van der Waals surface area contributed by atoms with Crippen molar-refractivity contribution in [2.45, 2.75) is 31.9 Å². The Morgan fingerprint density at radius 2 is 2.07 bits per heavy atom. The number of carbonyl (C=O) groups is 1. The van der Waals surface area contributed by atoms with E-state index in [0.29, 0.717) is 25.3 Å². The lowest BCUT2D eigenvalue weighted by molar-refractivity contribution is -0.129. The molecule has 0 heterocycles. The minimum Gasteiger partial charge on any atom is -0.346 e. The van der Waals surface area contributed by atoms with Gasteiger partial charge in [-0.05, 0) is 13.0 Å². The highest BCUT2D eigenvalue weighted by molar-refractivity contribution is 7.85. The molecule has 0 saturated carbocycles. The van der Waals surface area contributed by atoms with E-state index in [9.17, 15) is 9.00 Å². The van der Waals surface area contributed by atoms with Gasteiger partial charge < -0.3 is 10.6 Å². The van der Waals surface area contributed by atoms with Gasteiger partial charge in [0.1, 0.15) is 0 Å². The Hall–Kier alpha value is -0.420. The second-order valence-electron chi connectivity index (χ2n) is 3.84. The first-order chi connectivity index (χ1) is 6.99. The van der Waals surface area contributed by atoms with Crippen LogP contribution in [0, 0.1) is 0 Å². The van der Waals surface area contributed by atoms with Crippen LogP contribution in [0.25, 0.3) is 0 Å². The Balaban J connectivity index is 3.78. The van der Waals surface area contributed by atoms with Crippen LogP contribution in [-0.2, 0) is 15.6 Å². The highest BCUT2D eigenvalue weighted by Gasteiger charge is 2.11. The number of nitrogens with zero attached hydrogens (tertiary/aromatic N) is 1. The molecule has 0 bridgehead atoms. The van der Waals surface area contributed by atoms with Crippen LogP contribution in [0.4, 0.5) is 0 Å². The van der Waals surface area contributed by atoms with E-state index in [0.717, 1.165) is 6.42 Å². The molecule has 0 aliphatic carbocycles. The summed E-state index contributed by atoms with van der Waals surface area (Å²) in [5.41, 5.74) is 5.35. The lowest BCUT2D eigenvalue weighted by atomic mass is 10.3. The highest BCUT2D eigenvalue weighted by atomic mass is 32.2. The van der Waals surface area contributed by atoms with Gasteiger partial charge in [0.15, 0.2) is 0 Å². The molecule has 0 spiro atoms. The zero-order valence-corrected chi connectivity index (χ0v) is 10.7. The van der Waals surface area contributed by atoms with Gasteiger partial charge in [-0.1, -0.05) is 13.8 Å². The summed E-state index contributed by atoms with van der Waals surface area (Å²) in [6.45, 7) is 5.08. The van der Waals surface area contributed by atoms with Crippen LogP contribution >= 0.6 is 0 Å². The number of amides is 1.